The average Bonchev–Trinajstić information content (AvgIpc) is 3.19. The van der Waals surface area contributed by atoms with Gasteiger partial charge >= 0.3 is 5.97 Å². The molecule has 0 radical (unpaired) electrons. The Morgan fingerprint density at radius 3 is 2.07 bits per heavy atom. The summed E-state index contributed by atoms with van der Waals surface area (Å²) in [4.78, 5) is 38.8. The Kier molecular flexibility index (Phi) is 5.97. The van der Waals surface area contributed by atoms with Gasteiger partial charge in [0.05, 0.1) is 18.2 Å². The molecule has 2 aromatic rings. The number of carbonyl (C=O) groups excluding carboxylic acids is 3. The summed E-state index contributed by atoms with van der Waals surface area (Å²) in [5.41, 5.74) is 2.58. The van der Waals surface area contributed by atoms with Crippen LogP contribution in [0.2, 0.25) is 0 Å². The van der Waals surface area contributed by atoms with Crippen molar-refractivity contribution in [1.82, 2.24) is 4.68 Å². The third-order valence-electron chi connectivity index (χ3n) is 5.07. The molecule has 3 rings (SSSR count). The minimum Gasteiger partial charge on any atom is -0.464 e. The van der Waals surface area contributed by atoms with E-state index in [9.17, 15) is 14.4 Å². The highest BCUT2D eigenvalue weighted by atomic mass is 16.5. The molecule has 0 aliphatic carbocycles. The van der Waals surface area contributed by atoms with Crippen molar-refractivity contribution >= 4 is 17.8 Å². The number of hydrogen-bond acceptors (Lipinski definition) is 4. The van der Waals surface area contributed by atoms with Gasteiger partial charge in [0, 0.05) is 5.69 Å². The predicted molar refractivity (Wildman–Crippen MR) is 106 cm³/mol. The summed E-state index contributed by atoms with van der Waals surface area (Å²) in [6.45, 7) is 4.16. The number of ether oxygens (including phenoxy) is 1. The van der Waals surface area contributed by atoms with E-state index in [1.54, 1.807) is 24.3 Å². The van der Waals surface area contributed by atoms with Gasteiger partial charge in [-0.1, -0.05) is 38.8 Å². The summed E-state index contributed by atoms with van der Waals surface area (Å²) in [6, 6.07) is 8.69. The normalized spacial score (nSPS) is 13.2. The number of methoxy groups -OCH3 is 1. The quantitative estimate of drug-likeness (QED) is 0.513. The monoisotopic (exact) mass is 382 g/mol. The van der Waals surface area contributed by atoms with Crippen LogP contribution in [0, 0.1) is 0 Å². The summed E-state index contributed by atoms with van der Waals surface area (Å²) in [5, 5.41) is 1.09. The minimum absolute atomic E-state index is 0.275. The van der Waals surface area contributed by atoms with Crippen LogP contribution in [0.4, 0.5) is 0 Å². The molecule has 28 heavy (non-hydrogen) atoms. The van der Waals surface area contributed by atoms with E-state index in [-0.39, 0.29) is 5.69 Å². The molecule has 0 N–H and O–H groups in total. The Labute approximate surface area is 165 Å². The zero-order chi connectivity index (χ0) is 20.3. The van der Waals surface area contributed by atoms with Crippen LogP contribution >= 0.6 is 0 Å². The lowest BCUT2D eigenvalue weighted by atomic mass is 10.1. The van der Waals surface area contributed by atoms with Crippen molar-refractivity contribution in [2.24, 2.45) is 0 Å². The highest BCUT2D eigenvalue weighted by Gasteiger charge is 2.40. The standard InChI is InChI=1S/C22H26N2O4/c1-4-6-10-15-14-16(11-7-5-2)23(19(15)22(27)28-3)24-20(25)17-12-8-9-13-18(17)21(24)26/h8-9,12-14H,4-7,10-11H2,1-3H3. The molecular formula is C22H26N2O4. The summed E-state index contributed by atoms with van der Waals surface area (Å²) in [6.07, 6.45) is 5.09. The van der Waals surface area contributed by atoms with Gasteiger partial charge in [-0.2, -0.15) is 5.01 Å². The van der Waals surface area contributed by atoms with Crippen molar-refractivity contribution in [3.05, 3.63) is 58.4 Å². The van der Waals surface area contributed by atoms with Gasteiger partial charge in [-0.05, 0) is 49.4 Å². The van der Waals surface area contributed by atoms with Gasteiger partial charge in [0.25, 0.3) is 11.8 Å². The van der Waals surface area contributed by atoms with Crippen molar-refractivity contribution in [3.63, 3.8) is 0 Å². The molecule has 1 aromatic heterocycles. The first-order chi connectivity index (χ1) is 13.5. The van der Waals surface area contributed by atoms with Crippen LogP contribution < -0.4 is 5.01 Å². The van der Waals surface area contributed by atoms with Crippen LogP contribution in [-0.2, 0) is 17.6 Å². The van der Waals surface area contributed by atoms with Gasteiger partial charge in [-0.25, -0.2) is 9.47 Å². The fourth-order valence-corrected chi connectivity index (χ4v) is 3.60. The molecule has 1 aliphatic heterocycles. The van der Waals surface area contributed by atoms with E-state index in [1.165, 1.54) is 11.8 Å². The number of benzene rings is 1. The second-order valence-corrected chi connectivity index (χ2v) is 6.99. The molecule has 6 heteroatoms. The van der Waals surface area contributed by atoms with Crippen molar-refractivity contribution < 1.29 is 19.1 Å². The Bertz CT molecular complexity index is 878. The Hall–Kier alpha value is -2.89. The number of rotatable bonds is 8. The smallest absolute Gasteiger partial charge is 0.356 e. The molecule has 2 heterocycles. The highest BCUT2D eigenvalue weighted by molar-refractivity contribution is 6.30. The molecule has 6 nitrogen and oxygen atoms in total. The zero-order valence-corrected chi connectivity index (χ0v) is 16.7. The maximum Gasteiger partial charge on any atom is 0.356 e. The number of unbranched alkanes of at least 4 members (excludes halogenated alkanes) is 2. The molecule has 0 saturated carbocycles. The van der Waals surface area contributed by atoms with E-state index in [4.69, 9.17) is 4.74 Å². The molecular weight excluding hydrogens is 356 g/mol. The average molecular weight is 382 g/mol. The van der Waals surface area contributed by atoms with Crippen LogP contribution in [0.15, 0.2) is 30.3 Å². The lowest BCUT2D eigenvalue weighted by molar-refractivity contribution is 0.0586. The van der Waals surface area contributed by atoms with Crippen molar-refractivity contribution in [2.45, 2.75) is 52.4 Å². The van der Waals surface area contributed by atoms with Gasteiger partial charge in [0.2, 0.25) is 0 Å². The number of aryl methyl sites for hydroxylation is 2. The first kappa shape index (κ1) is 19.9. The van der Waals surface area contributed by atoms with Gasteiger partial charge < -0.3 is 4.74 Å². The largest absolute Gasteiger partial charge is 0.464 e. The molecule has 1 aliphatic rings. The zero-order valence-electron chi connectivity index (χ0n) is 16.7. The number of aromatic nitrogens is 1. The molecule has 2 amide bonds. The summed E-state index contributed by atoms with van der Waals surface area (Å²) < 4.78 is 6.51. The van der Waals surface area contributed by atoms with Crippen molar-refractivity contribution in [1.29, 1.82) is 0 Å². The SMILES string of the molecule is CCCCc1cc(CCCC)n(N2C(=O)c3ccccc3C2=O)c1C(=O)OC. The maximum absolute atomic E-state index is 13.1. The first-order valence-electron chi connectivity index (χ1n) is 9.85. The number of nitrogens with zero attached hydrogens (tertiary/aromatic N) is 2. The van der Waals surface area contributed by atoms with E-state index in [0.29, 0.717) is 24.0 Å². The third kappa shape index (κ3) is 3.35. The highest BCUT2D eigenvalue weighted by Crippen LogP contribution is 2.28. The van der Waals surface area contributed by atoms with E-state index in [1.807, 2.05) is 6.07 Å². The fraction of sp³-hybridized carbons (Fsp3) is 0.409. The van der Waals surface area contributed by atoms with E-state index < -0.39 is 17.8 Å². The van der Waals surface area contributed by atoms with Crippen LogP contribution in [0.1, 0.15) is 82.0 Å². The fourth-order valence-electron chi connectivity index (χ4n) is 3.60. The molecule has 1 aromatic carbocycles. The predicted octanol–water partition coefficient (Wildman–Crippen LogP) is 3.89. The van der Waals surface area contributed by atoms with Gasteiger partial charge in [-0.3, -0.25) is 9.59 Å². The number of hydrogen-bond donors (Lipinski definition) is 0. The van der Waals surface area contributed by atoms with Crippen LogP contribution in [-0.4, -0.2) is 29.6 Å². The number of amides is 2. The van der Waals surface area contributed by atoms with Gasteiger partial charge in [0.1, 0.15) is 0 Å². The topological polar surface area (TPSA) is 68.6 Å². The van der Waals surface area contributed by atoms with Crippen LogP contribution in [0.3, 0.4) is 0 Å². The Balaban J connectivity index is 2.17. The summed E-state index contributed by atoms with van der Waals surface area (Å²) >= 11 is 0. The molecule has 0 spiro atoms. The Morgan fingerprint density at radius 2 is 1.54 bits per heavy atom. The third-order valence-corrected chi connectivity index (χ3v) is 5.07. The van der Waals surface area contributed by atoms with E-state index in [0.717, 1.165) is 41.9 Å². The molecule has 0 atom stereocenters. The van der Waals surface area contributed by atoms with Gasteiger partial charge in [-0.15, -0.1) is 0 Å². The lowest BCUT2D eigenvalue weighted by Gasteiger charge is -2.21. The molecule has 0 bridgehead atoms. The van der Waals surface area contributed by atoms with Crippen molar-refractivity contribution in [2.75, 3.05) is 12.1 Å². The summed E-state index contributed by atoms with van der Waals surface area (Å²) in [5.74, 6) is -1.37. The molecule has 0 fully saturated rings. The lowest BCUT2D eigenvalue weighted by Crippen LogP contribution is -2.43. The van der Waals surface area contributed by atoms with Gasteiger partial charge in [0.15, 0.2) is 5.69 Å². The second kappa shape index (κ2) is 8.42. The summed E-state index contributed by atoms with van der Waals surface area (Å²) in [7, 11) is 1.32. The van der Waals surface area contributed by atoms with E-state index in [2.05, 4.69) is 13.8 Å². The number of carbonyl (C=O) groups is 3. The van der Waals surface area contributed by atoms with Crippen LogP contribution in [0.5, 0.6) is 0 Å². The molecule has 148 valence electrons. The van der Waals surface area contributed by atoms with Crippen LogP contribution in [0.25, 0.3) is 0 Å². The van der Waals surface area contributed by atoms with Crippen molar-refractivity contribution in [3.8, 4) is 0 Å². The number of fused-ring (bicyclic) bond motifs is 1. The number of imide groups is 1. The maximum atomic E-state index is 13.1. The molecule has 0 unspecified atom stereocenters. The van der Waals surface area contributed by atoms with E-state index >= 15 is 0 Å². The molecule has 0 saturated heterocycles. The first-order valence-corrected chi connectivity index (χ1v) is 9.85. The Morgan fingerprint density at radius 1 is 0.964 bits per heavy atom. The number of esters is 1. The minimum atomic E-state index is -0.537. The second-order valence-electron chi connectivity index (χ2n) is 6.99.